The van der Waals surface area contributed by atoms with Gasteiger partial charge in [-0.15, -0.1) is 11.8 Å². The maximum Gasteiger partial charge on any atom is 0.123 e. The van der Waals surface area contributed by atoms with Crippen molar-refractivity contribution in [1.29, 1.82) is 0 Å². The van der Waals surface area contributed by atoms with Gasteiger partial charge in [0, 0.05) is 29.9 Å². The molecule has 0 unspecified atom stereocenters. The van der Waals surface area contributed by atoms with Crippen LogP contribution in [0.4, 0.5) is 4.39 Å². The van der Waals surface area contributed by atoms with E-state index in [4.69, 9.17) is 4.74 Å². The maximum absolute atomic E-state index is 13.5. The fourth-order valence-corrected chi connectivity index (χ4v) is 3.49. The molecule has 1 heterocycles. The van der Waals surface area contributed by atoms with Crippen LogP contribution in [0.25, 0.3) is 0 Å². The highest BCUT2D eigenvalue weighted by atomic mass is 32.2. The lowest BCUT2D eigenvalue weighted by Gasteiger charge is -2.22. The van der Waals surface area contributed by atoms with Crippen LogP contribution in [0.2, 0.25) is 0 Å². The second kappa shape index (κ2) is 8.01. The molecule has 0 bridgehead atoms. The Hall–Kier alpha value is -0.580. The van der Waals surface area contributed by atoms with E-state index in [1.807, 2.05) is 17.8 Å². The molecule has 0 aromatic heterocycles. The van der Waals surface area contributed by atoms with Gasteiger partial charge in [-0.2, -0.15) is 0 Å². The average molecular weight is 297 g/mol. The first kappa shape index (κ1) is 15.8. The average Bonchev–Trinajstić information content (AvgIpc) is 2.42. The Kier molecular flexibility index (Phi) is 6.33. The van der Waals surface area contributed by atoms with Gasteiger partial charge in [0.1, 0.15) is 5.82 Å². The molecular weight excluding hydrogens is 273 g/mol. The monoisotopic (exact) mass is 297 g/mol. The summed E-state index contributed by atoms with van der Waals surface area (Å²) in [6.07, 6.45) is 2.17. The van der Waals surface area contributed by atoms with E-state index in [1.165, 1.54) is 4.90 Å². The number of ether oxygens (including phenoxy) is 1. The van der Waals surface area contributed by atoms with Gasteiger partial charge in [-0.05, 0) is 49.1 Å². The number of hydrogen-bond acceptors (Lipinski definition) is 3. The van der Waals surface area contributed by atoms with Gasteiger partial charge in [0.05, 0.1) is 0 Å². The van der Waals surface area contributed by atoms with Gasteiger partial charge in [-0.25, -0.2) is 4.39 Å². The van der Waals surface area contributed by atoms with Crippen molar-refractivity contribution in [3.63, 3.8) is 0 Å². The number of hydrogen-bond donors (Lipinski definition) is 1. The molecule has 2 rings (SSSR count). The second-order valence-corrected chi connectivity index (χ2v) is 7.05. The summed E-state index contributed by atoms with van der Waals surface area (Å²) < 4.78 is 18.8. The quantitative estimate of drug-likeness (QED) is 0.862. The van der Waals surface area contributed by atoms with Crippen LogP contribution in [0.1, 0.15) is 32.3 Å². The zero-order valence-electron chi connectivity index (χ0n) is 12.3. The van der Waals surface area contributed by atoms with Gasteiger partial charge in [0.25, 0.3) is 0 Å². The minimum atomic E-state index is -0.150. The minimum Gasteiger partial charge on any atom is -0.381 e. The first-order valence-electron chi connectivity index (χ1n) is 7.38. The van der Waals surface area contributed by atoms with Crippen LogP contribution < -0.4 is 5.32 Å². The summed E-state index contributed by atoms with van der Waals surface area (Å²) >= 11 is 1.87. The molecule has 4 heteroatoms. The predicted octanol–water partition coefficient (Wildman–Crippen LogP) is 3.84. The van der Waals surface area contributed by atoms with Crippen molar-refractivity contribution in [2.75, 3.05) is 19.8 Å². The first-order valence-corrected chi connectivity index (χ1v) is 8.26. The van der Waals surface area contributed by atoms with E-state index in [9.17, 15) is 4.39 Å². The summed E-state index contributed by atoms with van der Waals surface area (Å²) in [5, 5.41) is 4.00. The molecule has 112 valence electrons. The Morgan fingerprint density at radius 3 is 2.80 bits per heavy atom. The topological polar surface area (TPSA) is 21.3 Å². The summed E-state index contributed by atoms with van der Waals surface area (Å²) in [5.74, 6) is 0.456. The van der Waals surface area contributed by atoms with Gasteiger partial charge in [-0.3, -0.25) is 0 Å². The van der Waals surface area contributed by atoms with E-state index in [2.05, 4.69) is 19.2 Å². The van der Waals surface area contributed by atoms with E-state index in [1.54, 1.807) is 12.1 Å². The molecule has 1 saturated heterocycles. The molecule has 0 spiro atoms. The van der Waals surface area contributed by atoms with Crippen LogP contribution >= 0.6 is 11.8 Å². The molecule has 1 aromatic rings. The van der Waals surface area contributed by atoms with Crippen molar-refractivity contribution in [3.05, 3.63) is 29.6 Å². The Morgan fingerprint density at radius 2 is 2.10 bits per heavy atom. The largest absolute Gasteiger partial charge is 0.381 e. The molecule has 0 radical (unpaired) electrons. The molecule has 20 heavy (non-hydrogen) atoms. The molecule has 1 aromatic carbocycles. The standard InChI is InChI=1S/C16H24FNOS/c1-12(2)10-18-11-13-9-14(17)3-4-16(13)20-15-5-7-19-8-6-15/h3-4,9,12,15,18H,5-8,10-11H2,1-2H3. The third-order valence-corrected chi connectivity index (χ3v) is 4.81. The van der Waals surface area contributed by atoms with Gasteiger partial charge >= 0.3 is 0 Å². The number of thioether (sulfide) groups is 1. The zero-order valence-corrected chi connectivity index (χ0v) is 13.1. The van der Waals surface area contributed by atoms with Crippen LogP contribution in [0.3, 0.4) is 0 Å². The van der Waals surface area contributed by atoms with E-state index in [-0.39, 0.29) is 5.82 Å². The number of benzene rings is 1. The molecule has 1 N–H and O–H groups in total. The van der Waals surface area contributed by atoms with Gasteiger partial charge in [-0.1, -0.05) is 13.8 Å². The van der Waals surface area contributed by atoms with Gasteiger partial charge < -0.3 is 10.1 Å². The summed E-state index contributed by atoms with van der Waals surface area (Å²) in [7, 11) is 0. The van der Waals surface area contributed by atoms with E-state index in [0.717, 1.165) is 44.7 Å². The van der Waals surface area contributed by atoms with Crippen molar-refractivity contribution >= 4 is 11.8 Å². The molecule has 1 fully saturated rings. The highest BCUT2D eigenvalue weighted by molar-refractivity contribution is 8.00. The summed E-state index contributed by atoms with van der Waals surface area (Å²) in [5.41, 5.74) is 1.07. The fourth-order valence-electron chi connectivity index (χ4n) is 2.27. The molecule has 0 atom stereocenters. The van der Waals surface area contributed by atoms with E-state index < -0.39 is 0 Å². The Labute approximate surface area is 125 Å². The lowest BCUT2D eigenvalue weighted by Crippen LogP contribution is -2.20. The second-order valence-electron chi connectivity index (χ2n) is 5.71. The van der Waals surface area contributed by atoms with Crippen molar-refractivity contribution in [2.45, 2.75) is 43.4 Å². The van der Waals surface area contributed by atoms with Gasteiger partial charge in [0.2, 0.25) is 0 Å². The summed E-state index contributed by atoms with van der Waals surface area (Å²) in [6, 6.07) is 5.14. The van der Waals surface area contributed by atoms with Gasteiger partial charge in [0.15, 0.2) is 0 Å². The van der Waals surface area contributed by atoms with E-state index >= 15 is 0 Å². The third kappa shape index (κ3) is 5.08. The summed E-state index contributed by atoms with van der Waals surface area (Å²) in [4.78, 5) is 1.20. The molecule has 1 aliphatic heterocycles. The molecule has 0 saturated carbocycles. The molecule has 1 aliphatic rings. The highest BCUT2D eigenvalue weighted by Gasteiger charge is 2.17. The van der Waals surface area contributed by atoms with Crippen LogP contribution in [0, 0.1) is 11.7 Å². The van der Waals surface area contributed by atoms with Crippen LogP contribution in [0.15, 0.2) is 23.1 Å². The van der Waals surface area contributed by atoms with E-state index in [0.29, 0.717) is 11.2 Å². The SMILES string of the molecule is CC(C)CNCc1cc(F)ccc1SC1CCOCC1. The fraction of sp³-hybridized carbons (Fsp3) is 0.625. The predicted molar refractivity (Wildman–Crippen MR) is 82.6 cm³/mol. The Morgan fingerprint density at radius 1 is 1.35 bits per heavy atom. The lowest BCUT2D eigenvalue weighted by molar-refractivity contribution is 0.1000. The Bertz CT molecular complexity index is 419. The third-order valence-electron chi connectivity index (χ3n) is 3.35. The lowest BCUT2D eigenvalue weighted by atomic mass is 10.2. The van der Waals surface area contributed by atoms with Crippen molar-refractivity contribution in [1.82, 2.24) is 5.32 Å². The molecular formula is C16H24FNOS. The molecule has 2 nitrogen and oxygen atoms in total. The maximum atomic E-state index is 13.5. The highest BCUT2D eigenvalue weighted by Crippen LogP contribution is 2.32. The molecule has 0 amide bonds. The summed E-state index contributed by atoms with van der Waals surface area (Å²) in [6.45, 7) is 7.74. The van der Waals surface area contributed by atoms with Crippen LogP contribution in [-0.2, 0) is 11.3 Å². The number of nitrogens with one attached hydrogen (secondary N) is 1. The van der Waals surface area contributed by atoms with Crippen LogP contribution in [0.5, 0.6) is 0 Å². The molecule has 0 aliphatic carbocycles. The number of rotatable bonds is 6. The smallest absolute Gasteiger partial charge is 0.123 e. The zero-order chi connectivity index (χ0) is 14.4. The van der Waals surface area contributed by atoms with Crippen LogP contribution in [-0.4, -0.2) is 25.0 Å². The Balaban J connectivity index is 1.98. The normalized spacial score (nSPS) is 16.8. The minimum absolute atomic E-state index is 0.150. The van der Waals surface area contributed by atoms with Crippen molar-refractivity contribution in [2.24, 2.45) is 5.92 Å². The number of halogens is 1. The van der Waals surface area contributed by atoms with Crippen molar-refractivity contribution < 1.29 is 9.13 Å². The first-order chi connectivity index (χ1) is 9.65. The van der Waals surface area contributed by atoms with Crippen molar-refractivity contribution in [3.8, 4) is 0 Å².